The summed E-state index contributed by atoms with van der Waals surface area (Å²) >= 11 is 4.79. The molecule has 5 heteroatoms. The minimum absolute atomic E-state index is 0.352. The average molecular weight is 267 g/mol. The van der Waals surface area contributed by atoms with E-state index in [-0.39, 0.29) is 0 Å². The van der Waals surface area contributed by atoms with Gasteiger partial charge in [0.05, 0.1) is 10.7 Å². The number of halogens is 1. The van der Waals surface area contributed by atoms with E-state index in [1.165, 1.54) is 0 Å². The molecule has 0 amide bonds. The number of rotatable bonds is 3. The Morgan fingerprint density at radius 3 is 2.76 bits per heavy atom. The summed E-state index contributed by atoms with van der Waals surface area (Å²) in [6, 6.07) is 10.5. The molecule has 2 aromatic rings. The van der Waals surface area contributed by atoms with E-state index in [9.17, 15) is 4.55 Å². The van der Waals surface area contributed by atoms with Crippen LogP contribution in [-0.4, -0.2) is 9.54 Å². The molecular weight excluding hydrogens is 256 g/mol. The van der Waals surface area contributed by atoms with E-state index in [1.807, 2.05) is 18.2 Å². The molecule has 0 aliphatic heterocycles. The zero-order valence-corrected chi connectivity index (χ0v) is 10.5. The number of aromatic nitrogens is 1. The van der Waals surface area contributed by atoms with Crippen LogP contribution >= 0.6 is 11.6 Å². The van der Waals surface area contributed by atoms with Crippen LogP contribution in [0.1, 0.15) is 5.69 Å². The van der Waals surface area contributed by atoms with Gasteiger partial charge in [-0.25, -0.2) is 0 Å². The number of benzene rings is 1. The maximum atomic E-state index is 12.1. The molecule has 0 saturated carbocycles. The molecule has 0 spiro atoms. The Balaban J connectivity index is 2.17. The second-order valence-electron chi connectivity index (χ2n) is 3.50. The van der Waals surface area contributed by atoms with Gasteiger partial charge >= 0.3 is 0 Å². The van der Waals surface area contributed by atoms with Crippen molar-refractivity contribution in [3.05, 3.63) is 53.3 Å². The third kappa shape index (κ3) is 3.12. The lowest BCUT2D eigenvalue weighted by molar-refractivity contribution is 0.593. The Labute approximate surface area is 108 Å². The highest BCUT2D eigenvalue weighted by atomic mass is 35.5. The van der Waals surface area contributed by atoms with Crippen molar-refractivity contribution >= 4 is 28.5 Å². The Morgan fingerprint density at radius 1 is 1.29 bits per heavy atom. The summed E-state index contributed by atoms with van der Waals surface area (Å²) in [5, 5.41) is 0.430. The van der Waals surface area contributed by atoms with Crippen molar-refractivity contribution in [1.29, 1.82) is 0 Å². The summed E-state index contributed by atoms with van der Waals surface area (Å²) < 4.78 is 12.1. The fourth-order valence-electron chi connectivity index (χ4n) is 1.40. The largest absolute Gasteiger partial charge is 0.611 e. The number of nitrogens with two attached hydrogens (primary N) is 1. The molecule has 0 aliphatic rings. The van der Waals surface area contributed by atoms with Gasteiger partial charge in [0.1, 0.15) is 0 Å². The monoisotopic (exact) mass is 266 g/mol. The quantitative estimate of drug-likeness (QED) is 0.686. The van der Waals surface area contributed by atoms with Crippen LogP contribution in [-0.2, 0) is 16.9 Å². The maximum Gasteiger partial charge on any atom is 0.171 e. The van der Waals surface area contributed by atoms with Gasteiger partial charge in [0.15, 0.2) is 10.6 Å². The molecule has 0 bridgehead atoms. The standard InChI is InChI=1S/C12H11ClN2OS/c13-11-7-9(14)4-5-12(11)17(16)8-10-3-1-2-6-15-10/h1-7H,8,14H2. The zero-order chi connectivity index (χ0) is 12.3. The lowest BCUT2D eigenvalue weighted by Crippen LogP contribution is -2.07. The number of nitrogen functional groups attached to an aromatic ring is 1. The lowest BCUT2D eigenvalue weighted by Gasteiger charge is -2.11. The van der Waals surface area contributed by atoms with Crippen molar-refractivity contribution in [3.63, 3.8) is 0 Å². The third-order valence-corrected chi connectivity index (χ3v) is 4.04. The molecule has 0 aliphatic carbocycles. The minimum atomic E-state index is -1.20. The topological polar surface area (TPSA) is 62.0 Å². The first kappa shape index (κ1) is 12.2. The molecule has 17 heavy (non-hydrogen) atoms. The van der Waals surface area contributed by atoms with Gasteiger partial charge in [-0.3, -0.25) is 4.98 Å². The van der Waals surface area contributed by atoms with Gasteiger partial charge in [0.2, 0.25) is 0 Å². The molecule has 1 atom stereocenters. The van der Waals surface area contributed by atoms with Crippen molar-refractivity contribution in [2.24, 2.45) is 0 Å². The molecular formula is C12H11ClN2OS. The molecule has 1 heterocycles. The minimum Gasteiger partial charge on any atom is -0.611 e. The van der Waals surface area contributed by atoms with Gasteiger partial charge in [-0.05, 0) is 41.5 Å². The van der Waals surface area contributed by atoms with E-state index in [0.717, 1.165) is 5.69 Å². The van der Waals surface area contributed by atoms with Crippen molar-refractivity contribution in [3.8, 4) is 0 Å². The van der Waals surface area contributed by atoms with Gasteiger partial charge in [-0.2, -0.15) is 0 Å². The second kappa shape index (κ2) is 5.40. The van der Waals surface area contributed by atoms with Crippen molar-refractivity contribution in [2.75, 3.05) is 5.73 Å². The lowest BCUT2D eigenvalue weighted by atomic mass is 10.3. The Morgan fingerprint density at radius 2 is 2.12 bits per heavy atom. The van der Waals surface area contributed by atoms with Crippen molar-refractivity contribution in [1.82, 2.24) is 4.98 Å². The Bertz CT molecular complexity index is 507. The van der Waals surface area contributed by atoms with Crippen LogP contribution in [0.3, 0.4) is 0 Å². The SMILES string of the molecule is Nc1ccc([S+]([O-])Cc2ccccn2)c(Cl)c1. The number of nitrogens with zero attached hydrogens (tertiary/aromatic N) is 1. The normalized spacial score (nSPS) is 12.4. The summed E-state index contributed by atoms with van der Waals surface area (Å²) in [7, 11) is 0. The van der Waals surface area contributed by atoms with E-state index in [0.29, 0.717) is 21.4 Å². The summed E-state index contributed by atoms with van der Waals surface area (Å²) in [6.45, 7) is 0. The van der Waals surface area contributed by atoms with Gasteiger partial charge in [-0.15, -0.1) is 0 Å². The summed E-state index contributed by atoms with van der Waals surface area (Å²) in [5.74, 6) is 0.352. The van der Waals surface area contributed by atoms with Crippen LogP contribution in [0.4, 0.5) is 5.69 Å². The molecule has 88 valence electrons. The highest BCUT2D eigenvalue weighted by molar-refractivity contribution is 7.90. The number of pyridine rings is 1. The summed E-state index contributed by atoms with van der Waals surface area (Å²) in [4.78, 5) is 4.72. The second-order valence-corrected chi connectivity index (χ2v) is 5.33. The molecule has 0 saturated heterocycles. The number of hydrogen-bond acceptors (Lipinski definition) is 3. The van der Waals surface area contributed by atoms with Crippen LogP contribution < -0.4 is 5.73 Å². The molecule has 0 radical (unpaired) electrons. The predicted molar refractivity (Wildman–Crippen MR) is 70.2 cm³/mol. The van der Waals surface area contributed by atoms with E-state index in [2.05, 4.69) is 4.98 Å². The van der Waals surface area contributed by atoms with Gasteiger partial charge in [-0.1, -0.05) is 17.7 Å². The average Bonchev–Trinajstić information content (AvgIpc) is 2.30. The first-order chi connectivity index (χ1) is 8.16. The van der Waals surface area contributed by atoms with Crippen LogP contribution in [0.5, 0.6) is 0 Å². The van der Waals surface area contributed by atoms with Gasteiger partial charge in [0, 0.05) is 11.9 Å². The molecule has 2 rings (SSSR count). The Kier molecular flexibility index (Phi) is 3.89. The van der Waals surface area contributed by atoms with E-state index in [4.69, 9.17) is 17.3 Å². The first-order valence-corrected chi connectivity index (χ1v) is 6.70. The maximum absolute atomic E-state index is 12.1. The highest BCUT2D eigenvalue weighted by Gasteiger charge is 2.16. The van der Waals surface area contributed by atoms with Crippen LogP contribution in [0, 0.1) is 0 Å². The van der Waals surface area contributed by atoms with Crippen LogP contribution in [0.15, 0.2) is 47.5 Å². The number of anilines is 1. The smallest absolute Gasteiger partial charge is 0.171 e. The van der Waals surface area contributed by atoms with Crippen molar-refractivity contribution < 1.29 is 4.55 Å². The molecule has 0 fully saturated rings. The van der Waals surface area contributed by atoms with Crippen LogP contribution in [0.2, 0.25) is 5.02 Å². The third-order valence-electron chi connectivity index (χ3n) is 2.21. The zero-order valence-electron chi connectivity index (χ0n) is 8.97. The van der Waals surface area contributed by atoms with E-state index >= 15 is 0 Å². The molecule has 2 N–H and O–H groups in total. The molecule has 1 aromatic heterocycles. The predicted octanol–water partition coefficient (Wildman–Crippen LogP) is 2.63. The van der Waals surface area contributed by atoms with Crippen molar-refractivity contribution in [2.45, 2.75) is 10.6 Å². The fraction of sp³-hybridized carbons (Fsp3) is 0.0833. The number of hydrogen-bond donors (Lipinski definition) is 1. The van der Waals surface area contributed by atoms with Crippen LogP contribution in [0.25, 0.3) is 0 Å². The summed E-state index contributed by atoms with van der Waals surface area (Å²) in [5.41, 5.74) is 6.92. The Hall–Kier alpha value is -1.23. The van der Waals surface area contributed by atoms with Gasteiger partial charge in [0.25, 0.3) is 0 Å². The summed E-state index contributed by atoms with van der Waals surface area (Å²) in [6.07, 6.45) is 1.68. The van der Waals surface area contributed by atoms with Gasteiger partial charge < -0.3 is 10.3 Å². The highest BCUT2D eigenvalue weighted by Crippen LogP contribution is 2.26. The van der Waals surface area contributed by atoms with E-state index < -0.39 is 11.2 Å². The first-order valence-electron chi connectivity index (χ1n) is 5.00. The molecule has 1 unspecified atom stereocenters. The van der Waals surface area contributed by atoms with E-state index in [1.54, 1.807) is 24.4 Å². The molecule has 1 aromatic carbocycles. The molecule has 3 nitrogen and oxygen atoms in total. The fourth-order valence-corrected chi connectivity index (χ4v) is 2.94.